The van der Waals surface area contributed by atoms with Crippen LogP contribution in [-0.2, 0) is 9.47 Å². The molecule has 0 amide bonds. The van der Waals surface area contributed by atoms with Gasteiger partial charge in [-0.2, -0.15) is 0 Å². The molecule has 6 nitrogen and oxygen atoms in total. The molecule has 0 spiro atoms. The second-order valence-electron chi connectivity index (χ2n) is 15.5. The summed E-state index contributed by atoms with van der Waals surface area (Å²) in [5, 5.41) is 2.35. The van der Waals surface area contributed by atoms with E-state index >= 15 is 0 Å². The maximum atomic E-state index is 6.31. The topological polar surface area (TPSA) is 58.8 Å². The van der Waals surface area contributed by atoms with E-state index in [1.54, 1.807) is 11.8 Å². The van der Waals surface area contributed by atoms with Crippen molar-refractivity contribution < 1.29 is 9.47 Å². The Morgan fingerprint density at radius 2 is 1.22 bits per heavy atom. The predicted octanol–water partition coefficient (Wildman–Crippen LogP) is 11.9. The van der Waals surface area contributed by atoms with E-state index in [9.17, 15) is 0 Å². The molecular weight excluding hydrogens is 784 g/mol. The molecule has 4 aromatic carbocycles. The summed E-state index contributed by atoms with van der Waals surface area (Å²) >= 11 is 19.9. The summed E-state index contributed by atoms with van der Waals surface area (Å²) in [6.07, 6.45) is 0. The van der Waals surface area contributed by atoms with Crippen molar-refractivity contribution in [2.24, 2.45) is 15.0 Å². The van der Waals surface area contributed by atoms with Crippen molar-refractivity contribution in [2.75, 3.05) is 43.9 Å². The number of benzodiazepines with no additional fused rings is 1. The summed E-state index contributed by atoms with van der Waals surface area (Å²) < 4.78 is 11.8. The molecule has 54 heavy (non-hydrogen) atoms. The van der Waals surface area contributed by atoms with Crippen LogP contribution in [0.25, 0.3) is 0 Å². The largest absolute Gasteiger partial charge is 0.371 e. The lowest BCUT2D eigenvalue weighted by atomic mass is 10.0. The Hall–Kier alpha value is -2.94. The van der Waals surface area contributed by atoms with Gasteiger partial charge in [-0.15, -0.1) is 0 Å². The number of benzene rings is 4. The molecule has 2 aliphatic heterocycles. The van der Waals surface area contributed by atoms with Crippen LogP contribution in [0.3, 0.4) is 0 Å². The fourth-order valence-electron chi connectivity index (χ4n) is 5.57. The average Bonchev–Trinajstić information content (AvgIpc) is 3.39. The van der Waals surface area contributed by atoms with Crippen LogP contribution in [0.15, 0.2) is 112 Å². The van der Waals surface area contributed by atoms with Crippen LogP contribution >= 0.6 is 47.2 Å². The summed E-state index contributed by atoms with van der Waals surface area (Å²) in [6, 6.07) is 34.3. The molecule has 0 saturated heterocycles. The molecule has 0 fully saturated rings. The minimum Gasteiger partial charge on any atom is -0.371 e. The first-order chi connectivity index (χ1) is 25.8. The molecule has 0 atom stereocenters. The Labute approximate surface area is 343 Å². The molecule has 0 radical (unpaired) electrons. The summed E-state index contributed by atoms with van der Waals surface area (Å²) in [4.78, 5) is 17.3. The van der Waals surface area contributed by atoms with E-state index in [4.69, 9.17) is 59.9 Å². The zero-order valence-electron chi connectivity index (χ0n) is 32.1. The summed E-state index contributed by atoms with van der Waals surface area (Å²) in [7, 11) is -2.17. The summed E-state index contributed by atoms with van der Waals surface area (Å²) in [5.41, 5.74) is 7.86. The molecular formula is C42H50Cl2N4O2S2Si2. The highest BCUT2D eigenvalue weighted by Crippen LogP contribution is 2.31. The highest BCUT2D eigenvalue weighted by Gasteiger charge is 2.24. The number of thiocarbonyl (C=S) groups is 1. The van der Waals surface area contributed by atoms with Crippen LogP contribution < -0.4 is 4.90 Å². The standard InChI is InChI=1S/2C21H25ClN2OSSi/c1-27(2,3)12-11-25-15-26-20-14-23-21(16-7-5-4-6-8-16)18-13-17(22)9-10-19(18)24-20;1-27(2,3)12-11-25-15-24-19-10-9-17(22)13-18(19)21(23-14-20(24)26)16-7-5-4-6-8-16/h2*4-10,13H,11-12,14-15H2,1-3H3. The van der Waals surface area contributed by atoms with Crippen molar-refractivity contribution in [3.8, 4) is 0 Å². The molecule has 0 aliphatic carbocycles. The van der Waals surface area contributed by atoms with Crippen molar-refractivity contribution in [1.29, 1.82) is 0 Å². The Kier molecular flexibility index (Phi) is 15.5. The lowest BCUT2D eigenvalue weighted by Gasteiger charge is -2.26. The first kappa shape index (κ1) is 42.2. The van der Waals surface area contributed by atoms with Gasteiger partial charge in [0.15, 0.2) is 0 Å². The third-order valence-electron chi connectivity index (χ3n) is 8.63. The van der Waals surface area contributed by atoms with E-state index < -0.39 is 16.1 Å². The van der Waals surface area contributed by atoms with Crippen molar-refractivity contribution in [3.63, 3.8) is 0 Å². The smallest absolute Gasteiger partial charge is 0.123 e. The Morgan fingerprint density at radius 1 is 0.685 bits per heavy atom. The summed E-state index contributed by atoms with van der Waals surface area (Å²) in [6.45, 7) is 17.2. The maximum absolute atomic E-state index is 6.31. The van der Waals surface area contributed by atoms with Crippen LogP contribution in [0.1, 0.15) is 22.3 Å². The molecule has 0 N–H and O–H groups in total. The van der Waals surface area contributed by atoms with E-state index in [1.807, 2.05) is 77.7 Å². The normalized spacial score (nSPS) is 14.4. The lowest BCUT2D eigenvalue weighted by molar-refractivity contribution is 0.155. The fourth-order valence-corrected chi connectivity index (χ4v) is 8.30. The molecule has 6 rings (SSSR count). The van der Waals surface area contributed by atoms with Gasteiger partial charge in [-0.1, -0.05) is 147 Å². The van der Waals surface area contributed by atoms with Gasteiger partial charge in [0.05, 0.1) is 46.9 Å². The molecule has 284 valence electrons. The Morgan fingerprint density at radius 3 is 1.83 bits per heavy atom. The average molecular weight is 834 g/mol. The van der Waals surface area contributed by atoms with E-state index in [1.165, 1.54) is 6.04 Å². The second kappa shape index (κ2) is 19.8. The Balaban J connectivity index is 0.000000208. The first-order valence-corrected chi connectivity index (χ1v) is 27.8. The van der Waals surface area contributed by atoms with Gasteiger partial charge in [0.25, 0.3) is 0 Å². The van der Waals surface area contributed by atoms with E-state index in [0.717, 1.165) is 74.3 Å². The van der Waals surface area contributed by atoms with Crippen molar-refractivity contribution in [1.82, 2.24) is 0 Å². The Bertz CT molecular complexity index is 1980. The van der Waals surface area contributed by atoms with Gasteiger partial charge in [-0.05, 0) is 48.5 Å². The highest BCUT2D eigenvalue weighted by molar-refractivity contribution is 8.13. The first-order valence-electron chi connectivity index (χ1n) is 18.2. The van der Waals surface area contributed by atoms with Crippen molar-refractivity contribution in [2.45, 2.75) is 51.4 Å². The number of thioether (sulfide) groups is 1. The van der Waals surface area contributed by atoms with E-state index in [2.05, 4.69) is 63.5 Å². The molecule has 0 saturated carbocycles. The molecule has 2 aliphatic rings. The number of aliphatic imine (C=N–C) groups is 3. The number of nitrogens with zero attached hydrogens (tertiary/aromatic N) is 4. The van der Waals surface area contributed by atoms with Gasteiger partial charge in [0, 0.05) is 61.7 Å². The zero-order valence-corrected chi connectivity index (χ0v) is 37.2. The molecule has 0 bridgehead atoms. The molecule has 0 aromatic heterocycles. The van der Waals surface area contributed by atoms with Crippen molar-refractivity contribution >= 4 is 96.2 Å². The molecule has 0 unspecified atom stereocenters. The van der Waals surface area contributed by atoms with Crippen LogP contribution in [0.4, 0.5) is 11.4 Å². The number of hydrogen-bond donors (Lipinski definition) is 0. The predicted molar refractivity (Wildman–Crippen MR) is 245 cm³/mol. The highest BCUT2D eigenvalue weighted by atomic mass is 35.5. The van der Waals surface area contributed by atoms with Crippen LogP contribution in [0.5, 0.6) is 0 Å². The number of rotatable bonds is 12. The van der Waals surface area contributed by atoms with Crippen LogP contribution in [-0.4, -0.2) is 76.6 Å². The minimum atomic E-state index is -1.12. The number of ether oxygens (including phenoxy) is 2. The zero-order chi connectivity index (χ0) is 38.7. The second-order valence-corrected chi connectivity index (χ2v) is 29.1. The van der Waals surface area contributed by atoms with Gasteiger partial charge < -0.3 is 14.4 Å². The third-order valence-corrected chi connectivity index (χ3v) is 13.7. The lowest BCUT2D eigenvalue weighted by Crippen LogP contribution is -2.34. The van der Waals surface area contributed by atoms with Crippen LogP contribution in [0, 0.1) is 0 Å². The van der Waals surface area contributed by atoms with Crippen LogP contribution in [0.2, 0.25) is 61.4 Å². The maximum Gasteiger partial charge on any atom is 0.123 e. The molecule has 2 heterocycles. The van der Waals surface area contributed by atoms with E-state index in [-0.39, 0.29) is 0 Å². The van der Waals surface area contributed by atoms with Gasteiger partial charge in [-0.25, -0.2) is 4.99 Å². The van der Waals surface area contributed by atoms with Gasteiger partial charge in [0.1, 0.15) is 11.7 Å². The van der Waals surface area contributed by atoms with Crippen molar-refractivity contribution in [3.05, 3.63) is 129 Å². The number of hydrogen-bond acceptors (Lipinski definition) is 7. The van der Waals surface area contributed by atoms with Gasteiger partial charge in [0.2, 0.25) is 0 Å². The minimum absolute atomic E-state index is 0.440. The molecule has 4 aromatic rings. The van der Waals surface area contributed by atoms with Gasteiger partial charge in [-0.3, -0.25) is 9.98 Å². The number of fused-ring (bicyclic) bond motifs is 2. The fraction of sp³-hybridized carbons (Fsp3) is 0.333. The summed E-state index contributed by atoms with van der Waals surface area (Å²) in [5.74, 6) is 0.614. The van der Waals surface area contributed by atoms with Gasteiger partial charge >= 0.3 is 0 Å². The third kappa shape index (κ3) is 12.8. The SMILES string of the molecule is C[Si](C)(C)CCOCN1C(=S)CN=C(c2ccccc2)c2cc(Cl)ccc21.C[Si](C)(C)CCOCSC1=Nc2ccc(Cl)cc2C(c2ccccc2)=NC1. The monoisotopic (exact) mass is 832 g/mol. The quantitative estimate of drug-likeness (QED) is 0.0616. The molecule has 12 heteroatoms. The number of halogens is 2. The number of anilines is 1. The van der Waals surface area contributed by atoms with E-state index in [0.29, 0.717) is 35.8 Å².